The number of hydrogen-bond acceptors (Lipinski definition) is 4. The van der Waals surface area contributed by atoms with Crippen LogP contribution in [0.5, 0.6) is 0 Å². The van der Waals surface area contributed by atoms with E-state index >= 15 is 0 Å². The molecule has 1 rings (SSSR count). The van der Waals surface area contributed by atoms with Crippen LogP contribution in [0.2, 0.25) is 0 Å². The van der Waals surface area contributed by atoms with Crippen LogP contribution in [0.4, 0.5) is 0 Å². The number of hydrogen-bond donors (Lipinski definition) is 0. The molecule has 1 saturated heterocycles. The lowest BCUT2D eigenvalue weighted by molar-refractivity contribution is -0.0827. The Kier molecular flexibility index (Phi) is 4.60. The predicted octanol–water partition coefficient (Wildman–Crippen LogP) is 2.19. The molecule has 17 heavy (non-hydrogen) atoms. The lowest BCUT2D eigenvalue weighted by Gasteiger charge is -2.36. The minimum atomic E-state index is -3.46. The zero-order chi connectivity index (χ0) is 13.3. The van der Waals surface area contributed by atoms with Crippen LogP contribution in [0.25, 0.3) is 0 Å². The molecule has 0 aromatic heterocycles. The van der Waals surface area contributed by atoms with E-state index in [4.69, 9.17) is 8.92 Å². The molecular weight excluding hydrogens is 240 g/mol. The van der Waals surface area contributed by atoms with Gasteiger partial charge in [0.25, 0.3) is 10.1 Å². The summed E-state index contributed by atoms with van der Waals surface area (Å²) < 4.78 is 34.3. The van der Waals surface area contributed by atoms with Gasteiger partial charge in [-0.25, -0.2) is 0 Å². The maximum absolute atomic E-state index is 11.7. The van der Waals surface area contributed by atoms with Crippen LogP contribution in [0.15, 0.2) is 0 Å². The van der Waals surface area contributed by atoms with Crippen LogP contribution in [0.3, 0.4) is 0 Å². The Morgan fingerprint density at radius 2 is 1.94 bits per heavy atom. The normalized spacial score (nSPS) is 30.4. The smallest absolute Gasteiger partial charge is 0.269 e. The summed E-state index contributed by atoms with van der Waals surface area (Å²) >= 11 is 0. The largest absolute Gasteiger partial charge is 0.372 e. The highest BCUT2D eigenvalue weighted by Gasteiger charge is 2.45. The van der Waals surface area contributed by atoms with E-state index in [9.17, 15) is 8.42 Å². The zero-order valence-electron chi connectivity index (χ0n) is 11.4. The van der Waals surface area contributed by atoms with Crippen LogP contribution in [-0.2, 0) is 19.0 Å². The molecule has 0 aromatic rings. The minimum Gasteiger partial charge on any atom is -0.372 e. The van der Waals surface area contributed by atoms with Crippen LogP contribution in [0, 0.1) is 11.8 Å². The summed E-state index contributed by atoms with van der Waals surface area (Å²) in [6, 6.07) is 0. The van der Waals surface area contributed by atoms with Crippen molar-refractivity contribution >= 4 is 10.1 Å². The van der Waals surface area contributed by atoms with Gasteiger partial charge in [0.05, 0.1) is 17.5 Å². The van der Waals surface area contributed by atoms with Gasteiger partial charge in [0.15, 0.2) is 0 Å². The maximum Gasteiger partial charge on any atom is 0.269 e. The van der Waals surface area contributed by atoms with Crippen molar-refractivity contribution in [3.8, 4) is 0 Å². The van der Waals surface area contributed by atoms with E-state index in [0.717, 1.165) is 6.42 Å². The molecule has 2 atom stereocenters. The summed E-state index contributed by atoms with van der Waals surface area (Å²) in [6.07, 6.45) is 0.962. The van der Waals surface area contributed by atoms with Crippen molar-refractivity contribution in [2.45, 2.75) is 51.9 Å². The molecule has 0 radical (unpaired) electrons. The maximum atomic E-state index is 11.7. The molecule has 0 aliphatic carbocycles. The van der Waals surface area contributed by atoms with E-state index in [0.29, 0.717) is 12.5 Å². The van der Waals surface area contributed by atoms with Gasteiger partial charge < -0.3 is 4.74 Å². The fourth-order valence-corrected chi connectivity index (χ4v) is 2.83. The van der Waals surface area contributed by atoms with Gasteiger partial charge in [0.1, 0.15) is 0 Å². The molecule has 1 heterocycles. The molecule has 5 heteroatoms. The molecule has 4 nitrogen and oxygen atoms in total. The summed E-state index contributed by atoms with van der Waals surface area (Å²) in [4.78, 5) is 0. The first-order valence-electron chi connectivity index (χ1n) is 6.24. The summed E-state index contributed by atoms with van der Waals surface area (Å²) in [5.74, 6) is 0.562. The van der Waals surface area contributed by atoms with Crippen molar-refractivity contribution in [2.75, 3.05) is 13.2 Å². The van der Waals surface area contributed by atoms with Crippen molar-refractivity contribution in [1.29, 1.82) is 0 Å². The van der Waals surface area contributed by atoms with Crippen molar-refractivity contribution in [1.82, 2.24) is 0 Å². The van der Waals surface area contributed by atoms with E-state index in [1.807, 2.05) is 13.8 Å². The van der Waals surface area contributed by atoms with Crippen LogP contribution in [-0.4, -0.2) is 32.5 Å². The van der Waals surface area contributed by atoms with Gasteiger partial charge in [0.2, 0.25) is 0 Å². The molecule has 0 amide bonds. The SMILES string of the molecule is CC(C)[C@]1(COS(=O)(=O)C(C)C)OCC[C@H]1C. The Morgan fingerprint density at radius 3 is 2.29 bits per heavy atom. The van der Waals surface area contributed by atoms with Gasteiger partial charge in [0, 0.05) is 6.61 Å². The molecule has 1 aliphatic rings. The van der Waals surface area contributed by atoms with Crippen LogP contribution >= 0.6 is 0 Å². The second kappa shape index (κ2) is 5.24. The summed E-state index contributed by atoms with van der Waals surface area (Å²) in [6.45, 7) is 10.3. The van der Waals surface area contributed by atoms with Gasteiger partial charge in [-0.05, 0) is 32.1 Å². The van der Waals surface area contributed by atoms with Crippen molar-refractivity contribution in [2.24, 2.45) is 11.8 Å². The third-order valence-electron chi connectivity index (χ3n) is 3.76. The quantitative estimate of drug-likeness (QED) is 0.714. The molecule has 0 spiro atoms. The average molecular weight is 264 g/mol. The Hall–Kier alpha value is -0.130. The minimum absolute atomic E-state index is 0.131. The van der Waals surface area contributed by atoms with E-state index < -0.39 is 21.0 Å². The Morgan fingerprint density at radius 1 is 1.35 bits per heavy atom. The first-order valence-corrected chi connectivity index (χ1v) is 7.71. The van der Waals surface area contributed by atoms with Gasteiger partial charge in [-0.3, -0.25) is 4.18 Å². The second-order valence-corrected chi connectivity index (χ2v) is 7.62. The van der Waals surface area contributed by atoms with Gasteiger partial charge in [-0.1, -0.05) is 20.8 Å². The highest BCUT2D eigenvalue weighted by atomic mass is 32.2. The summed E-state index contributed by atoms with van der Waals surface area (Å²) in [7, 11) is -3.46. The van der Waals surface area contributed by atoms with E-state index in [-0.39, 0.29) is 12.5 Å². The molecule has 0 bridgehead atoms. The molecule has 1 fully saturated rings. The third kappa shape index (κ3) is 3.01. The monoisotopic (exact) mass is 264 g/mol. The van der Waals surface area contributed by atoms with E-state index in [1.54, 1.807) is 13.8 Å². The molecule has 1 aliphatic heterocycles. The van der Waals surface area contributed by atoms with Crippen LogP contribution in [0.1, 0.15) is 41.0 Å². The lowest BCUT2D eigenvalue weighted by atomic mass is 9.80. The second-order valence-electron chi connectivity index (χ2n) is 5.45. The van der Waals surface area contributed by atoms with Crippen molar-refractivity contribution in [3.05, 3.63) is 0 Å². The third-order valence-corrected chi connectivity index (χ3v) is 5.36. The standard InChI is InChI=1S/C12H24O4S/c1-9(2)12(11(5)6-7-15-12)8-16-17(13,14)10(3)4/h9-11H,6-8H2,1-5H3/t11-,12+/m1/s1. The Balaban J connectivity index is 2.77. The fourth-order valence-electron chi connectivity index (χ4n) is 2.21. The topological polar surface area (TPSA) is 52.6 Å². The molecule has 102 valence electrons. The Bertz CT molecular complexity index is 348. The number of ether oxygens (including phenoxy) is 1. The van der Waals surface area contributed by atoms with Gasteiger partial charge >= 0.3 is 0 Å². The molecule has 0 aromatic carbocycles. The molecule has 0 N–H and O–H groups in total. The molecule has 0 unspecified atom stereocenters. The predicted molar refractivity (Wildman–Crippen MR) is 67.3 cm³/mol. The average Bonchev–Trinajstić information content (AvgIpc) is 2.58. The van der Waals surface area contributed by atoms with E-state index in [1.165, 1.54) is 0 Å². The summed E-state index contributed by atoms with van der Waals surface area (Å²) in [5, 5.41) is -0.511. The zero-order valence-corrected chi connectivity index (χ0v) is 12.2. The molecule has 0 saturated carbocycles. The highest BCUT2D eigenvalue weighted by molar-refractivity contribution is 7.87. The first-order chi connectivity index (χ1) is 7.72. The van der Waals surface area contributed by atoms with Crippen molar-refractivity contribution in [3.63, 3.8) is 0 Å². The van der Waals surface area contributed by atoms with Crippen LogP contribution < -0.4 is 0 Å². The highest BCUT2D eigenvalue weighted by Crippen LogP contribution is 2.38. The Labute approximate surface area is 105 Å². The van der Waals surface area contributed by atoms with Gasteiger partial charge in [-0.2, -0.15) is 8.42 Å². The van der Waals surface area contributed by atoms with Gasteiger partial charge in [-0.15, -0.1) is 0 Å². The first kappa shape index (κ1) is 14.9. The lowest BCUT2D eigenvalue weighted by Crippen LogP contribution is -2.45. The molecular formula is C12H24O4S. The summed E-state index contributed by atoms with van der Waals surface area (Å²) in [5.41, 5.74) is -0.456. The van der Waals surface area contributed by atoms with Crippen molar-refractivity contribution < 1.29 is 17.3 Å². The number of rotatable bonds is 5. The van der Waals surface area contributed by atoms with E-state index in [2.05, 4.69) is 6.92 Å². The fraction of sp³-hybridized carbons (Fsp3) is 1.00.